The summed E-state index contributed by atoms with van der Waals surface area (Å²) in [6, 6.07) is 7.85. The molecule has 6 heteroatoms. The molecule has 0 aliphatic heterocycles. The summed E-state index contributed by atoms with van der Waals surface area (Å²) in [5, 5.41) is 0. The number of para-hydroxylation sites is 1. The molecule has 0 amide bonds. The average molecular weight is 288 g/mol. The Morgan fingerprint density at radius 1 is 1.24 bits per heavy atom. The van der Waals surface area contributed by atoms with Crippen LogP contribution in [0.15, 0.2) is 30.6 Å². The van der Waals surface area contributed by atoms with Crippen LogP contribution in [0, 0.1) is 0 Å². The summed E-state index contributed by atoms with van der Waals surface area (Å²) < 4.78 is 10.8. The van der Waals surface area contributed by atoms with Gasteiger partial charge in [0.2, 0.25) is 5.88 Å². The molecule has 0 unspecified atom stereocenters. The van der Waals surface area contributed by atoms with E-state index in [0.717, 1.165) is 11.3 Å². The molecule has 0 saturated carbocycles. The molecular formula is C15H20N4O2. The molecule has 2 aromatic rings. The zero-order chi connectivity index (χ0) is 15.2. The number of benzene rings is 1. The van der Waals surface area contributed by atoms with E-state index in [9.17, 15) is 0 Å². The van der Waals surface area contributed by atoms with Crippen LogP contribution >= 0.6 is 0 Å². The zero-order valence-corrected chi connectivity index (χ0v) is 12.5. The summed E-state index contributed by atoms with van der Waals surface area (Å²) in [4.78, 5) is 10.2. The van der Waals surface area contributed by atoms with Gasteiger partial charge in [-0.3, -0.25) is 0 Å². The van der Waals surface area contributed by atoms with E-state index >= 15 is 0 Å². The lowest BCUT2D eigenvalue weighted by atomic mass is 10.2. The van der Waals surface area contributed by atoms with Crippen molar-refractivity contribution in [2.45, 2.75) is 13.5 Å². The first-order valence-electron chi connectivity index (χ1n) is 6.73. The number of nitrogen functional groups attached to an aromatic ring is 1. The molecule has 0 aliphatic carbocycles. The summed E-state index contributed by atoms with van der Waals surface area (Å²) in [5.74, 6) is 1.88. The maximum atomic E-state index is 6.07. The van der Waals surface area contributed by atoms with Crippen LogP contribution in [0.4, 0.5) is 11.5 Å². The van der Waals surface area contributed by atoms with Gasteiger partial charge >= 0.3 is 0 Å². The van der Waals surface area contributed by atoms with Gasteiger partial charge in [0.15, 0.2) is 5.82 Å². The van der Waals surface area contributed by atoms with Gasteiger partial charge < -0.3 is 20.1 Å². The molecule has 0 fully saturated rings. The molecule has 0 bridgehead atoms. The molecule has 1 heterocycles. The van der Waals surface area contributed by atoms with E-state index in [0.29, 0.717) is 30.5 Å². The van der Waals surface area contributed by atoms with Gasteiger partial charge in [-0.2, -0.15) is 4.98 Å². The highest BCUT2D eigenvalue weighted by atomic mass is 16.5. The Morgan fingerprint density at radius 2 is 2.00 bits per heavy atom. The van der Waals surface area contributed by atoms with E-state index in [-0.39, 0.29) is 0 Å². The monoisotopic (exact) mass is 288 g/mol. The van der Waals surface area contributed by atoms with Crippen LogP contribution in [0.3, 0.4) is 0 Å². The molecule has 6 nitrogen and oxygen atoms in total. The van der Waals surface area contributed by atoms with Crippen molar-refractivity contribution < 1.29 is 9.47 Å². The van der Waals surface area contributed by atoms with Crippen LogP contribution in [-0.2, 0) is 6.54 Å². The number of anilines is 2. The molecule has 0 radical (unpaired) electrons. The molecule has 0 atom stereocenters. The lowest BCUT2D eigenvalue weighted by Crippen LogP contribution is -2.20. The van der Waals surface area contributed by atoms with Crippen molar-refractivity contribution in [3.63, 3.8) is 0 Å². The van der Waals surface area contributed by atoms with Gasteiger partial charge in [-0.05, 0) is 13.0 Å². The number of rotatable bonds is 6. The van der Waals surface area contributed by atoms with E-state index in [1.54, 1.807) is 7.11 Å². The maximum absolute atomic E-state index is 6.07. The summed E-state index contributed by atoms with van der Waals surface area (Å²) in [6.07, 6.45) is 1.45. The van der Waals surface area contributed by atoms with Gasteiger partial charge in [0, 0.05) is 19.2 Å². The van der Waals surface area contributed by atoms with E-state index in [4.69, 9.17) is 15.2 Å². The first-order valence-corrected chi connectivity index (χ1v) is 6.73. The first kappa shape index (κ1) is 14.9. The molecule has 0 saturated heterocycles. The number of ether oxygens (including phenoxy) is 2. The third-order valence-electron chi connectivity index (χ3n) is 3.07. The van der Waals surface area contributed by atoms with Crippen LogP contribution in [0.2, 0.25) is 0 Å². The molecule has 1 aromatic carbocycles. The number of hydrogen-bond donors (Lipinski definition) is 1. The Morgan fingerprint density at radius 3 is 2.71 bits per heavy atom. The van der Waals surface area contributed by atoms with E-state index in [2.05, 4.69) is 9.97 Å². The van der Waals surface area contributed by atoms with Crippen LogP contribution in [-0.4, -0.2) is 30.7 Å². The van der Waals surface area contributed by atoms with Gasteiger partial charge in [0.05, 0.1) is 13.7 Å². The molecule has 2 N–H and O–H groups in total. The van der Waals surface area contributed by atoms with Crippen molar-refractivity contribution in [1.82, 2.24) is 9.97 Å². The highest BCUT2D eigenvalue weighted by molar-refractivity contribution is 5.67. The molecule has 0 aliphatic rings. The van der Waals surface area contributed by atoms with Gasteiger partial charge in [-0.25, -0.2) is 4.98 Å². The summed E-state index contributed by atoms with van der Waals surface area (Å²) >= 11 is 0. The Labute approximate surface area is 124 Å². The number of nitrogens with two attached hydrogens (primary N) is 1. The Kier molecular flexibility index (Phi) is 4.81. The lowest BCUT2D eigenvalue weighted by molar-refractivity contribution is 0.328. The minimum atomic E-state index is 0.411. The predicted octanol–water partition coefficient (Wildman–Crippen LogP) is 2.10. The van der Waals surface area contributed by atoms with Crippen LogP contribution in [0.25, 0.3) is 0 Å². The molecule has 112 valence electrons. The second-order valence-electron chi connectivity index (χ2n) is 4.52. The number of aromatic nitrogens is 2. The van der Waals surface area contributed by atoms with E-state index in [1.165, 1.54) is 6.33 Å². The smallest absolute Gasteiger partial charge is 0.242 e. The fourth-order valence-electron chi connectivity index (χ4n) is 2.09. The second kappa shape index (κ2) is 6.78. The molecule has 2 rings (SSSR count). The van der Waals surface area contributed by atoms with Gasteiger partial charge in [0.25, 0.3) is 0 Å². The van der Waals surface area contributed by atoms with Crippen LogP contribution in [0.5, 0.6) is 11.6 Å². The van der Waals surface area contributed by atoms with Crippen LogP contribution < -0.4 is 20.1 Å². The minimum Gasteiger partial charge on any atom is -0.496 e. The quantitative estimate of drug-likeness (QED) is 0.877. The SMILES string of the molecule is CCOc1ncnc(N(C)Cc2ccccc2OC)c1N. The van der Waals surface area contributed by atoms with Crippen molar-refractivity contribution >= 4 is 11.5 Å². The average Bonchev–Trinajstić information content (AvgIpc) is 2.50. The van der Waals surface area contributed by atoms with Crippen LogP contribution in [0.1, 0.15) is 12.5 Å². The maximum Gasteiger partial charge on any atom is 0.242 e. The van der Waals surface area contributed by atoms with Crippen molar-refractivity contribution in [2.75, 3.05) is 31.4 Å². The standard InChI is InChI=1S/C15H20N4O2/c1-4-21-15-13(16)14(17-10-18-15)19(2)9-11-7-5-6-8-12(11)20-3/h5-8,10H,4,9,16H2,1-3H3. The minimum absolute atomic E-state index is 0.411. The largest absolute Gasteiger partial charge is 0.496 e. The zero-order valence-electron chi connectivity index (χ0n) is 12.5. The van der Waals surface area contributed by atoms with Crippen molar-refractivity contribution in [1.29, 1.82) is 0 Å². The molecule has 1 aromatic heterocycles. The van der Waals surface area contributed by atoms with Crippen molar-refractivity contribution in [2.24, 2.45) is 0 Å². The van der Waals surface area contributed by atoms with E-state index in [1.807, 2.05) is 43.1 Å². The lowest BCUT2D eigenvalue weighted by Gasteiger charge is -2.21. The third kappa shape index (κ3) is 3.34. The predicted molar refractivity (Wildman–Crippen MR) is 82.7 cm³/mol. The van der Waals surface area contributed by atoms with E-state index < -0.39 is 0 Å². The highest BCUT2D eigenvalue weighted by Gasteiger charge is 2.14. The number of hydrogen-bond acceptors (Lipinski definition) is 6. The Hall–Kier alpha value is -2.50. The fourth-order valence-corrected chi connectivity index (χ4v) is 2.09. The second-order valence-corrected chi connectivity index (χ2v) is 4.52. The molecular weight excluding hydrogens is 268 g/mol. The summed E-state index contributed by atoms with van der Waals surface area (Å²) in [6.45, 7) is 3.02. The highest BCUT2D eigenvalue weighted by Crippen LogP contribution is 2.29. The Balaban J connectivity index is 2.24. The third-order valence-corrected chi connectivity index (χ3v) is 3.07. The number of nitrogens with zero attached hydrogens (tertiary/aromatic N) is 3. The fraction of sp³-hybridized carbons (Fsp3) is 0.333. The van der Waals surface area contributed by atoms with Crippen molar-refractivity contribution in [3.05, 3.63) is 36.2 Å². The van der Waals surface area contributed by atoms with Gasteiger partial charge in [0.1, 0.15) is 17.8 Å². The molecule has 21 heavy (non-hydrogen) atoms. The first-order chi connectivity index (χ1) is 10.2. The van der Waals surface area contributed by atoms with Gasteiger partial charge in [-0.15, -0.1) is 0 Å². The summed E-state index contributed by atoms with van der Waals surface area (Å²) in [7, 11) is 3.58. The normalized spacial score (nSPS) is 10.2. The number of methoxy groups -OCH3 is 1. The topological polar surface area (TPSA) is 73.5 Å². The van der Waals surface area contributed by atoms with Gasteiger partial charge in [-0.1, -0.05) is 18.2 Å². The Bertz CT molecular complexity index is 604. The summed E-state index contributed by atoms with van der Waals surface area (Å²) in [5.41, 5.74) is 7.57. The van der Waals surface area contributed by atoms with Crippen molar-refractivity contribution in [3.8, 4) is 11.6 Å². The molecule has 0 spiro atoms.